The monoisotopic (exact) mass is 771 g/mol. The second kappa shape index (κ2) is 16.6. The summed E-state index contributed by atoms with van der Waals surface area (Å²) in [5, 5.41) is 92.8. The van der Waals surface area contributed by atoms with E-state index in [-0.39, 0.29) is 45.8 Å². The zero-order chi connectivity index (χ0) is 39.6. The van der Waals surface area contributed by atoms with E-state index in [1.54, 1.807) is 6.07 Å². The number of benzene rings is 3. The van der Waals surface area contributed by atoms with Crippen molar-refractivity contribution in [1.82, 2.24) is 0 Å². The average Bonchev–Trinajstić information content (AvgIpc) is 3.17. The number of methoxy groups -OCH3 is 1. The number of aliphatic hydroxyl groups excluding tert-OH is 7. The van der Waals surface area contributed by atoms with Gasteiger partial charge in [0.05, 0.1) is 25.4 Å². The van der Waals surface area contributed by atoms with E-state index in [9.17, 15) is 55.5 Å². The van der Waals surface area contributed by atoms with Crippen molar-refractivity contribution in [2.24, 2.45) is 0 Å². The van der Waals surface area contributed by atoms with Crippen LogP contribution in [-0.2, 0) is 14.2 Å². The molecule has 2 saturated heterocycles. The third-order valence-electron chi connectivity index (χ3n) is 8.94. The van der Waals surface area contributed by atoms with Gasteiger partial charge in [0.15, 0.2) is 34.5 Å². The van der Waals surface area contributed by atoms with Crippen LogP contribution >= 0.6 is 0 Å². The van der Waals surface area contributed by atoms with Crippen molar-refractivity contribution in [3.63, 3.8) is 0 Å². The molecule has 0 amide bonds. The molecule has 2 aromatic carbocycles. The minimum absolute atomic E-state index is 0.0254. The van der Waals surface area contributed by atoms with Crippen LogP contribution in [0.2, 0.25) is 0 Å². The second-order valence-corrected chi connectivity index (χ2v) is 12.7. The van der Waals surface area contributed by atoms with E-state index in [1.807, 2.05) is 0 Å². The summed E-state index contributed by atoms with van der Waals surface area (Å²) >= 11 is 0. The first-order valence-corrected chi connectivity index (χ1v) is 16.8. The van der Waals surface area contributed by atoms with Crippen molar-refractivity contribution < 1.29 is 83.6 Å². The molecular formula is C37H39O18+. The molecule has 2 aromatic rings. The maximum Gasteiger partial charge on any atom is 0.510 e. The van der Waals surface area contributed by atoms with E-state index in [1.165, 1.54) is 61.7 Å². The number of phenols is 2. The van der Waals surface area contributed by atoms with Crippen molar-refractivity contribution >= 4 is 12.0 Å². The molecule has 0 spiro atoms. The molecule has 3 heterocycles. The molecular weight excluding hydrogens is 732 g/mol. The van der Waals surface area contributed by atoms with Crippen molar-refractivity contribution in [3.05, 3.63) is 82.5 Å². The number of esters is 1. The van der Waals surface area contributed by atoms with Gasteiger partial charge in [0, 0.05) is 17.7 Å². The fraction of sp³-hybridized carbons (Fsp3) is 0.351. The molecule has 0 radical (unpaired) electrons. The predicted molar refractivity (Wildman–Crippen MR) is 187 cm³/mol. The van der Waals surface area contributed by atoms with Crippen molar-refractivity contribution in [2.75, 3.05) is 20.3 Å². The van der Waals surface area contributed by atoms with Crippen LogP contribution in [-0.4, -0.2) is 138 Å². The van der Waals surface area contributed by atoms with Crippen LogP contribution in [0.3, 0.4) is 0 Å². The Morgan fingerprint density at radius 1 is 0.764 bits per heavy atom. The highest BCUT2D eigenvalue weighted by molar-refractivity contribution is 5.88. The zero-order valence-corrected chi connectivity index (χ0v) is 28.9. The van der Waals surface area contributed by atoms with Gasteiger partial charge in [0.1, 0.15) is 60.0 Å². The molecule has 3 aliphatic heterocycles. The zero-order valence-electron chi connectivity index (χ0n) is 28.9. The van der Waals surface area contributed by atoms with E-state index in [2.05, 4.69) is 0 Å². The van der Waals surface area contributed by atoms with E-state index in [0.29, 0.717) is 11.1 Å². The number of rotatable bonds is 11. The lowest BCUT2D eigenvalue weighted by Gasteiger charge is -2.40. The van der Waals surface area contributed by atoms with Crippen LogP contribution in [0.4, 0.5) is 0 Å². The minimum atomic E-state index is -1.87. The summed E-state index contributed by atoms with van der Waals surface area (Å²) in [5.41, 5.74) is 0.234. The fourth-order valence-corrected chi connectivity index (χ4v) is 5.91. The number of phenolic OH excluding ortho intramolecular Hbond substituents is 2. The normalized spacial score (nSPS) is 28.2. The van der Waals surface area contributed by atoms with E-state index >= 15 is 0 Å². The first kappa shape index (κ1) is 39.4. The summed E-state index contributed by atoms with van der Waals surface area (Å²) in [6, 6.07) is 13.4. The number of aliphatic hydroxyl groups is 7. The molecule has 10 unspecified atom stereocenters. The van der Waals surface area contributed by atoms with Crippen LogP contribution in [0.15, 0.2) is 76.0 Å². The molecule has 2 fully saturated rings. The molecule has 10 N–H and O–H groups in total. The lowest BCUT2D eigenvalue weighted by atomic mass is 9.99. The Bertz CT molecular complexity index is 2010. The molecule has 294 valence electrons. The predicted octanol–water partition coefficient (Wildman–Crippen LogP) is -0.571. The summed E-state index contributed by atoms with van der Waals surface area (Å²) in [7, 11) is 1.37. The van der Waals surface area contributed by atoms with E-state index in [0.717, 1.165) is 12.1 Å². The summed E-state index contributed by atoms with van der Waals surface area (Å²) in [5.74, 6) is -1.20. The standard InChI is InChI=1S/C37H38O18/c1-49-24-10-16(2-8-21(24)41)3-9-28(42)50-15-27-30(44)32(46)34(48)37(55-27)53-25-13-20-22(51-35(25)17-4-6-18(39)7-5-17)11-19(40)12-23(20)52-36-33(47)31(45)29(43)26(14-38)54-36/h2-13,26-27,29-34,36-39,41,43-48H,14-15H2,1H3/p+1. The van der Waals surface area contributed by atoms with Crippen LogP contribution < -0.4 is 19.6 Å². The van der Waals surface area contributed by atoms with Crippen LogP contribution in [0.25, 0.3) is 28.7 Å². The number of hydrogen-bond acceptors (Lipinski definition) is 17. The molecule has 0 saturated carbocycles. The summed E-state index contributed by atoms with van der Waals surface area (Å²) in [6.45, 7) is -1.29. The Kier molecular flexibility index (Phi) is 11.9. The van der Waals surface area contributed by atoms with Crippen molar-refractivity contribution in [2.45, 2.75) is 61.4 Å². The Morgan fingerprint density at radius 3 is 2.05 bits per heavy atom. The van der Waals surface area contributed by atoms with Gasteiger partial charge in [-0.1, -0.05) is 6.07 Å². The Balaban J connectivity index is 1.28. The van der Waals surface area contributed by atoms with Gasteiger partial charge in [-0.3, -0.25) is 4.79 Å². The van der Waals surface area contributed by atoms with Crippen LogP contribution in [0.5, 0.6) is 28.7 Å². The summed E-state index contributed by atoms with van der Waals surface area (Å²) in [6.07, 6.45) is -14.2. The van der Waals surface area contributed by atoms with Gasteiger partial charge in [0.25, 0.3) is 0 Å². The number of carbonyl (C=O) groups excluding carboxylic acids is 1. The molecule has 0 aromatic heterocycles. The fourth-order valence-electron chi connectivity index (χ4n) is 5.91. The van der Waals surface area contributed by atoms with Crippen LogP contribution in [0, 0.1) is 0 Å². The maximum atomic E-state index is 12.8. The number of aromatic hydroxyl groups is 2. The van der Waals surface area contributed by atoms with E-state index in [4.69, 9.17) is 32.8 Å². The smallest absolute Gasteiger partial charge is 0.508 e. The molecule has 10 atom stereocenters. The highest BCUT2D eigenvalue weighted by Gasteiger charge is 2.48. The number of fused-ring (bicyclic) bond motifs is 1. The molecule has 0 bridgehead atoms. The Morgan fingerprint density at radius 2 is 1.40 bits per heavy atom. The second-order valence-electron chi connectivity index (χ2n) is 12.7. The highest BCUT2D eigenvalue weighted by atomic mass is 16.7. The number of hydrogen-bond donors (Lipinski definition) is 9. The van der Waals surface area contributed by atoms with Gasteiger partial charge in [-0.15, -0.1) is 0 Å². The SMILES string of the molecule is COc1cc(C=CC(=[OH+])OCC2OC(Oc3cc4c(OC5OC(CO)C(O)C(O)C5O)cc(=O)cc-4oc3-c3ccc(O)cc3)C(O)C(O)C2O)ccc1O. The molecule has 18 nitrogen and oxygen atoms in total. The maximum absolute atomic E-state index is 12.8. The topological polar surface area (TPSA) is 289 Å². The molecule has 4 aliphatic rings. The summed E-state index contributed by atoms with van der Waals surface area (Å²) < 4.78 is 39.6. The first-order chi connectivity index (χ1) is 26.3. The van der Waals surface area contributed by atoms with Crippen molar-refractivity contribution in [3.8, 4) is 51.4 Å². The van der Waals surface area contributed by atoms with Gasteiger partial charge in [-0.05, 0) is 54.1 Å². The van der Waals surface area contributed by atoms with Gasteiger partial charge in [0.2, 0.25) is 19.2 Å². The van der Waals surface area contributed by atoms with E-state index < -0.39 is 86.0 Å². The third kappa shape index (κ3) is 8.52. The summed E-state index contributed by atoms with van der Waals surface area (Å²) in [4.78, 5) is 23.1. The largest absolute Gasteiger partial charge is 0.510 e. The van der Waals surface area contributed by atoms with Gasteiger partial charge in [-0.2, -0.15) is 0 Å². The molecule has 18 heteroatoms. The van der Waals surface area contributed by atoms with Gasteiger partial charge < -0.3 is 83.6 Å². The number of ether oxygens (including phenoxy) is 6. The lowest BCUT2D eigenvalue weighted by Crippen LogP contribution is -2.60. The average molecular weight is 772 g/mol. The van der Waals surface area contributed by atoms with Gasteiger partial charge in [-0.25, -0.2) is 0 Å². The quantitative estimate of drug-likeness (QED) is 0.0524. The first-order valence-electron chi connectivity index (χ1n) is 16.8. The molecule has 1 aliphatic carbocycles. The van der Waals surface area contributed by atoms with Gasteiger partial charge >= 0.3 is 5.97 Å². The van der Waals surface area contributed by atoms with Crippen molar-refractivity contribution in [1.29, 1.82) is 0 Å². The third-order valence-corrected chi connectivity index (χ3v) is 8.94. The lowest BCUT2D eigenvalue weighted by molar-refractivity contribution is -0.277. The highest BCUT2D eigenvalue weighted by Crippen LogP contribution is 2.43. The molecule has 55 heavy (non-hydrogen) atoms. The minimum Gasteiger partial charge on any atom is -0.508 e. The Labute approximate surface area is 311 Å². The van der Waals surface area contributed by atoms with Crippen LogP contribution in [0.1, 0.15) is 5.56 Å². The Hall–Kier alpha value is -5.28. The molecule has 6 rings (SSSR count).